The van der Waals surface area contributed by atoms with Gasteiger partial charge in [0.1, 0.15) is 0 Å². The molecule has 1 aromatic heterocycles. The molecule has 0 saturated carbocycles. The molecule has 0 atom stereocenters. The monoisotopic (exact) mass is 288 g/mol. The van der Waals surface area contributed by atoms with Crippen LogP contribution in [0.1, 0.15) is 43.2 Å². The minimum Gasteiger partial charge on any atom is -0.396 e. The number of nitrogens with zero attached hydrogens (tertiary/aromatic N) is 2. The second-order valence-electron chi connectivity index (χ2n) is 5.44. The first-order chi connectivity index (χ1) is 10.3. The predicted molar refractivity (Wildman–Crippen MR) is 82.7 cm³/mol. The van der Waals surface area contributed by atoms with Gasteiger partial charge in [0.2, 0.25) is 5.91 Å². The summed E-state index contributed by atoms with van der Waals surface area (Å²) < 4.78 is 0. The molecule has 1 aliphatic rings. The lowest BCUT2D eigenvalue weighted by Gasteiger charge is -2.24. The van der Waals surface area contributed by atoms with Crippen LogP contribution in [-0.4, -0.2) is 34.0 Å². The van der Waals surface area contributed by atoms with Gasteiger partial charge >= 0.3 is 0 Å². The van der Waals surface area contributed by atoms with Gasteiger partial charge < -0.3 is 10.0 Å². The van der Waals surface area contributed by atoms with Crippen molar-refractivity contribution in [1.29, 1.82) is 0 Å². The van der Waals surface area contributed by atoms with E-state index in [2.05, 4.69) is 17.1 Å². The highest BCUT2D eigenvalue weighted by Crippen LogP contribution is 2.16. The third-order valence-corrected chi connectivity index (χ3v) is 3.81. The molecule has 0 radical (unpaired) electrons. The first-order valence-electron chi connectivity index (χ1n) is 7.76. The average molecular weight is 288 g/mol. The highest BCUT2D eigenvalue weighted by molar-refractivity contribution is 5.76. The summed E-state index contributed by atoms with van der Waals surface area (Å²) in [6, 6.07) is 2.01. The van der Waals surface area contributed by atoms with Gasteiger partial charge in [-0.25, -0.2) is 0 Å². The van der Waals surface area contributed by atoms with Crippen molar-refractivity contribution in [2.75, 3.05) is 13.2 Å². The largest absolute Gasteiger partial charge is 0.396 e. The first-order valence-corrected chi connectivity index (χ1v) is 7.76. The van der Waals surface area contributed by atoms with Crippen LogP contribution in [-0.2, 0) is 17.8 Å². The van der Waals surface area contributed by atoms with Gasteiger partial charge in [-0.15, -0.1) is 0 Å². The van der Waals surface area contributed by atoms with E-state index in [9.17, 15) is 4.79 Å². The Morgan fingerprint density at radius 3 is 2.90 bits per heavy atom. The van der Waals surface area contributed by atoms with Gasteiger partial charge in [-0.1, -0.05) is 12.2 Å². The number of carbonyl (C=O) groups excluding carboxylic acids is 1. The van der Waals surface area contributed by atoms with Crippen LogP contribution in [0.5, 0.6) is 0 Å². The van der Waals surface area contributed by atoms with Gasteiger partial charge in [-0.05, 0) is 49.3 Å². The standard InChI is InChI=1S/C17H24N2O2/c20-12-6-11-19-14-16-9-10-18-13-15(16)7-4-2-1-3-5-8-17(19)21/h1,3,9-10,13,20H,2,4-8,11-12,14H2/b3-1+. The van der Waals surface area contributed by atoms with Crippen molar-refractivity contribution in [3.8, 4) is 0 Å². The maximum Gasteiger partial charge on any atom is 0.223 e. The number of hydrogen-bond donors (Lipinski definition) is 1. The fraction of sp³-hybridized carbons (Fsp3) is 0.529. The highest BCUT2D eigenvalue weighted by atomic mass is 16.3. The van der Waals surface area contributed by atoms with Crippen molar-refractivity contribution in [2.45, 2.75) is 45.1 Å². The van der Waals surface area contributed by atoms with E-state index in [0.29, 0.717) is 25.9 Å². The zero-order chi connectivity index (χ0) is 14.9. The first kappa shape index (κ1) is 15.7. The van der Waals surface area contributed by atoms with Gasteiger partial charge in [-0.3, -0.25) is 9.78 Å². The fourth-order valence-electron chi connectivity index (χ4n) is 2.61. The predicted octanol–water partition coefficient (Wildman–Crippen LogP) is 2.47. The number of hydrogen-bond acceptors (Lipinski definition) is 3. The number of aromatic nitrogens is 1. The molecule has 0 unspecified atom stereocenters. The molecule has 2 rings (SSSR count). The van der Waals surface area contributed by atoms with Crippen LogP contribution in [0.25, 0.3) is 0 Å². The number of rotatable bonds is 3. The van der Waals surface area contributed by atoms with Crippen LogP contribution in [0.4, 0.5) is 0 Å². The number of aliphatic hydroxyl groups is 1. The molecule has 1 N–H and O–H groups in total. The van der Waals surface area contributed by atoms with Crippen molar-refractivity contribution in [2.24, 2.45) is 0 Å². The van der Waals surface area contributed by atoms with Gasteiger partial charge in [0.05, 0.1) is 0 Å². The van der Waals surface area contributed by atoms with Gasteiger partial charge in [-0.2, -0.15) is 0 Å². The number of aliphatic hydroxyl groups excluding tert-OH is 1. The molecule has 0 fully saturated rings. The maximum absolute atomic E-state index is 12.3. The number of aryl methyl sites for hydroxylation is 1. The number of allylic oxidation sites excluding steroid dienone is 2. The molecule has 0 aliphatic carbocycles. The molecule has 0 aromatic carbocycles. The van der Waals surface area contributed by atoms with Gasteiger partial charge in [0, 0.05) is 38.5 Å². The van der Waals surface area contributed by atoms with Crippen LogP contribution < -0.4 is 0 Å². The molecule has 2 heterocycles. The Morgan fingerprint density at radius 2 is 2.05 bits per heavy atom. The normalized spacial score (nSPS) is 18.5. The molecular formula is C17H24N2O2. The van der Waals surface area contributed by atoms with E-state index >= 15 is 0 Å². The molecular weight excluding hydrogens is 264 g/mol. The third-order valence-electron chi connectivity index (χ3n) is 3.81. The van der Waals surface area contributed by atoms with Crippen molar-refractivity contribution in [3.05, 3.63) is 41.7 Å². The molecule has 0 spiro atoms. The Bertz CT molecular complexity index is 485. The van der Waals surface area contributed by atoms with Crippen molar-refractivity contribution < 1.29 is 9.90 Å². The number of amides is 1. The zero-order valence-electron chi connectivity index (χ0n) is 12.5. The second-order valence-corrected chi connectivity index (χ2v) is 5.44. The SMILES string of the molecule is O=C1CC/C=C/CCCc2cnccc2CN1CCCO. The Hall–Kier alpha value is -1.68. The molecule has 4 heteroatoms. The van der Waals surface area contributed by atoms with Crippen molar-refractivity contribution in [3.63, 3.8) is 0 Å². The summed E-state index contributed by atoms with van der Waals surface area (Å²) in [7, 11) is 0. The van der Waals surface area contributed by atoms with E-state index in [0.717, 1.165) is 25.7 Å². The van der Waals surface area contributed by atoms with E-state index in [-0.39, 0.29) is 12.5 Å². The summed E-state index contributed by atoms with van der Waals surface area (Å²) in [6.07, 6.45) is 13.1. The lowest BCUT2D eigenvalue weighted by Crippen LogP contribution is -2.32. The van der Waals surface area contributed by atoms with Crippen LogP contribution in [0.3, 0.4) is 0 Å². The topological polar surface area (TPSA) is 53.4 Å². The Morgan fingerprint density at radius 1 is 1.19 bits per heavy atom. The summed E-state index contributed by atoms with van der Waals surface area (Å²) in [5.74, 6) is 0.163. The highest BCUT2D eigenvalue weighted by Gasteiger charge is 2.15. The summed E-state index contributed by atoms with van der Waals surface area (Å²) in [6.45, 7) is 1.36. The smallest absolute Gasteiger partial charge is 0.223 e. The Balaban J connectivity index is 2.18. The van der Waals surface area contributed by atoms with Crippen LogP contribution in [0.15, 0.2) is 30.6 Å². The van der Waals surface area contributed by atoms with Crippen LogP contribution >= 0.6 is 0 Å². The van der Waals surface area contributed by atoms with E-state index in [1.807, 2.05) is 17.2 Å². The van der Waals surface area contributed by atoms with E-state index in [1.165, 1.54) is 11.1 Å². The molecule has 1 amide bonds. The summed E-state index contributed by atoms with van der Waals surface area (Å²) in [5.41, 5.74) is 2.41. The summed E-state index contributed by atoms with van der Waals surface area (Å²) in [4.78, 5) is 18.4. The van der Waals surface area contributed by atoms with E-state index in [1.54, 1.807) is 6.20 Å². The quantitative estimate of drug-likeness (QED) is 0.869. The lowest BCUT2D eigenvalue weighted by molar-refractivity contribution is -0.131. The number of carbonyl (C=O) groups is 1. The molecule has 4 nitrogen and oxygen atoms in total. The van der Waals surface area contributed by atoms with Crippen molar-refractivity contribution in [1.82, 2.24) is 9.88 Å². The van der Waals surface area contributed by atoms with Crippen LogP contribution in [0.2, 0.25) is 0 Å². The summed E-state index contributed by atoms with van der Waals surface area (Å²) >= 11 is 0. The molecule has 1 aromatic rings. The lowest BCUT2D eigenvalue weighted by atomic mass is 10.0. The van der Waals surface area contributed by atoms with E-state index < -0.39 is 0 Å². The number of pyridine rings is 1. The third kappa shape index (κ3) is 4.97. The van der Waals surface area contributed by atoms with Gasteiger partial charge in [0.15, 0.2) is 0 Å². The molecule has 1 aliphatic heterocycles. The summed E-state index contributed by atoms with van der Waals surface area (Å²) in [5, 5.41) is 9.03. The van der Waals surface area contributed by atoms with E-state index in [4.69, 9.17) is 5.11 Å². The number of fused-ring (bicyclic) bond motifs is 1. The Labute approximate surface area is 126 Å². The van der Waals surface area contributed by atoms with Crippen LogP contribution in [0, 0.1) is 0 Å². The van der Waals surface area contributed by atoms with Crippen molar-refractivity contribution >= 4 is 5.91 Å². The Kier molecular flexibility index (Phi) is 6.41. The second kappa shape index (κ2) is 8.57. The molecule has 21 heavy (non-hydrogen) atoms. The fourth-order valence-corrected chi connectivity index (χ4v) is 2.61. The zero-order valence-corrected chi connectivity index (χ0v) is 12.5. The average Bonchev–Trinajstić information content (AvgIpc) is 2.50. The molecule has 0 bridgehead atoms. The molecule has 114 valence electrons. The minimum absolute atomic E-state index is 0.118. The maximum atomic E-state index is 12.3. The molecule has 0 saturated heterocycles. The minimum atomic E-state index is 0.118. The van der Waals surface area contributed by atoms with Gasteiger partial charge in [0.25, 0.3) is 0 Å².